The van der Waals surface area contributed by atoms with Gasteiger partial charge in [0, 0.05) is 41.9 Å². The average Bonchev–Trinajstić information content (AvgIpc) is 3.40. The van der Waals surface area contributed by atoms with E-state index in [2.05, 4.69) is 25.1 Å². The topological polar surface area (TPSA) is 115 Å². The molecule has 0 amide bonds. The van der Waals surface area contributed by atoms with Crippen molar-refractivity contribution in [3.8, 4) is 11.5 Å². The summed E-state index contributed by atoms with van der Waals surface area (Å²) in [6.45, 7) is 0.816. The van der Waals surface area contributed by atoms with Gasteiger partial charge in [0.05, 0.1) is 20.3 Å². The van der Waals surface area contributed by atoms with E-state index in [9.17, 15) is 0 Å². The number of aliphatic imine (C=N–C) groups is 1. The van der Waals surface area contributed by atoms with Crippen molar-refractivity contribution in [2.45, 2.75) is 31.8 Å². The molecule has 0 fully saturated rings. The fraction of sp³-hybridized carbons (Fsp3) is 0.381. The third-order valence-corrected chi connectivity index (χ3v) is 6.01. The van der Waals surface area contributed by atoms with Gasteiger partial charge in [0.15, 0.2) is 23.2 Å². The maximum absolute atomic E-state index is 5.98. The highest BCUT2D eigenvalue weighted by molar-refractivity contribution is 6.06. The van der Waals surface area contributed by atoms with Crippen LogP contribution in [0.2, 0.25) is 0 Å². The number of benzene rings is 1. The maximum Gasteiger partial charge on any atom is 0.175 e. The second-order valence-electron chi connectivity index (χ2n) is 7.71. The van der Waals surface area contributed by atoms with Crippen molar-refractivity contribution in [3.63, 3.8) is 0 Å². The summed E-state index contributed by atoms with van der Waals surface area (Å²) >= 11 is 0. The van der Waals surface area contributed by atoms with Gasteiger partial charge in [0.1, 0.15) is 5.82 Å². The Labute approximate surface area is 174 Å². The molecule has 2 aromatic heterocycles. The molecule has 0 bridgehead atoms. The Kier molecular flexibility index (Phi) is 4.57. The Balaban J connectivity index is 1.43. The van der Waals surface area contributed by atoms with Gasteiger partial charge < -0.3 is 25.1 Å². The zero-order chi connectivity index (χ0) is 20.7. The third-order valence-electron chi connectivity index (χ3n) is 6.01. The van der Waals surface area contributed by atoms with Gasteiger partial charge in [0.25, 0.3) is 0 Å². The van der Waals surface area contributed by atoms with Crippen LogP contribution in [-0.4, -0.2) is 45.8 Å². The molecule has 5 rings (SSSR count). The Morgan fingerprint density at radius 1 is 1.23 bits per heavy atom. The Bertz CT molecular complexity index is 1100. The second-order valence-corrected chi connectivity index (χ2v) is 7.71. The minimum absolute atomic E-state index is 0.145. The molecule has 9 nitrogen and oxygen atoms in total. The molecule has 0 radical (unpaired) electrons. The fourth-order valence-electron chi connectivity index (χ4n) is 4.42. The smallest absolute Gasteiger partial charge is 0.175 e. The van der Waals surface area contributed by atoms with Gasteiger partial charge in [-0.05, 0) is 37.3 Å². The number of nitrogen functional groups attached to an aromatic ring is 1. The van der Waals surface area contributed by atoms with E-state index < -0.39 is 0 Å². The number of aromatic nitrogens is 4. The van der Waals surface area contributed by atoms with E-state index in [-0.39, 0.29) is 6.04 Å². The summed E-state index contributed by atoms with van der Waals surface area (Å²) in [5, 5.41) is 10.7. The monoisotopic (exact) mass is 407 g/mol. The number of amidine groups is 1. The Hall–Kier alpha value is -3.49. The number of ether oxygens (including phenoxy) is 2. The summed E-state index contributed by atoms with van der Waals surface area (Å²) < 4.78 is 12.9. The van der Waals surface area contributed by atoms with Gasteiger partial charge >= 0.3 is 0 Å². The first kappa shape index (κ1) is 18.5. The number of imidazole rings is 1. The van der Waals surface area contributed by atoms with Gasteiger partial charge in [-0.2, -0.15) is 5.10 Å². The number of nitrogens with zero attached hydrogens (tertiary/aromatic N) is 4. The number of H-pyrrole nitrogens is 1. The zero-order valence-electron chi connectivity index (χ0n) is 17.1. The van der Waals surface area contributed by atoms with E-state index in [4.69, 9.17) is 20.2 Å². The number of nitrogens with two attached hydrogens (primary N) is 1. The van der Waals surface area contributed by atoms with Crippen LogP contribution in [0, 0.1) is 5.92 Å². The van der Waals surface area contributed by atoms with Crippen molar-refractivity contribution in [2.75, 3.05) is 25.3 Å². The predicted molar refractivity (Wildman–Crippen MR) is 114 cm³/mol. The minimum Gasteiger partial charge on any atom is -0.493 e. The number of rotatable bonds is 4. The quantitative estimate of drug-likeness (QED) is 0.611. The van der Waals surface area contributed by atoms with Crippen molar-refractivity contribution < 1.29 is 9.47 Å². The molecule has 3 heterocycles. The summed E-state index contributed by atoms with van der Waals surface area (Å²) in [6, 6.07) is 5.87. The molecule has 3 aromatic rings. The van der Waals surface area contributed by atoms with Crippen LogP contribution in [0.1, 0.15) is 23.5 Å². The van der Waals surface area contributed by atoms with Crippen LogP contribution in [0.25, 0.3) is 0 Å². The number of hydrogen-bond donors (Lipinski definition) is 3. The zero-order valence-corrected chi connectivity index (χ0v) is 17.1. The lowest BCUT2D eigenvalue weighted by Gasteiger charge is -2.31. The molecule has 1 aliphatic carbocycles. The lowest BCUT2D eigenvalue weighted by molar-refractivity contribution is 0.336. The van der Waals surface area contributed by atoms with E-state index in [1.807, 2.05) is 30.6 Å². The summed E-state index contributed by atoms with van der Waals surface area (Å²) in [7, 11) is 3.25. The standard InChI is InChI=1S/C21H25N7O2/c1-29-17-6-4-13(10-18(17)30-2)24-20-21-23-7-8-28(21)11-16(25-20)12-3-5-14-15(9-12)26-27-19(14)22/h4,6-8,10,12,16H,3,5,9,11H2,1-2H3,(H,24,25)(H3,22,26,27). The van der Waals surface area contributed by atoms with Crippen LogP contribution in [0.15, 0.2) is 35.6 Å². The second kappa shape index (κ2) is 7.40. The molecule has 30 heavy (non-hydrogen) atoms. The van der Waals surface area contributed by atoms with Crippen LogP contribution in [0.4, 0.5) is 11.5 Å². The van der Waals surface area contributed by atoms with Gasteiger partial charge in [-0.15, -0.1) is 0 Å². The van der Waals surface area contributed by atoms with Crippen molar-refractivity contribution in [2.24, 2.45) is 10.9 Å². The highest BCUT2D eigenvalue weighted by atomic mass is 16.5. The van der Waals surface area contributed by atoms with E-state index in [0.29, 0.717) is 23.2 Å². The highest BCUT2D eigenvalue weighted by Crippen LogP contribution is 2.33. The number of hydrogen-bond acceptors (Lipinski definition) is 7. The maximum atomic E-state index is 5.98. The third kappa shape index (κ3) is 3.16. The van der Waals surface area contributed by atoms with Crippen molar-refractivity contribution in [1.82, 2.24) is 19.7 Å². The molecule has 0 saturated carbocycles. The number of nitrogens with one attached hydrogen (secondary N) is 2. The molecular weight excluding hydrogens is 382 g/mol. The summed E-state index contributed by atoms with van der Waals surface area (Å²) in [5.41, 5.74) is 9.15. The molecule has 0 saturated heterocycles. The molecule has 2 unspecified atom stereocenters. The first-order valence-corrected chi connectivity index (χ1v) is 10.1. The fourth-order valence-corrected chi connectivity index (χ4v) is 4.42. The van der Waals surface area contributed by atoms with E-state index in [1.165, 1.54) is 0 Å². The lowest BCUT2D eigenvalue weighted by Crippen LogP contribution is -2.36. The molecule has 2 atom stereocenters. The Morgan fingerprint density at radius 3 is 2.93 bits per heavy atom. The van der Waals surface area contributed by atoms with Crippen LogP contribution < -0.4 is 20.5 Å². The predicted octanol–water partition coefficient (Wildman–Crippen LogP) is 2.25. The van der Waals surface area contributed by atoms with Crippen LogP contribution in [0.5, 0.6) is 11.5 Å². The van der Waals surface area contributed by atoms with Gasteiger partial charge in [-0.1, -0.05) is 0 Å². The molecule has 156 valence electrons. The Morgan fingerprint density at radius 2 is 2.10 bits per heavy atom. The van der Waals surface area contributed by atoms with Crippen LogP contribution in [-0.2, 0) is 19.4 Å². The molecule has 9 heteroatoms. The molecule has 0 spiro atoms. The van der Waals surface area contributed by atoms with Gasteiger partial charge in [0.2, 0.25) is 0 Å². The van der Waals surface area contributed by atoms with Crippen molar-refractivity contribution in [1.29, 1.82) is 0 Å². The van der Waals surface area contributed by atoms with Crippen molar-refractivity contribution in [3.05, 3.63) is 47.7 Å². The van der Waals surface area contributed by atoms with Crippen LogP contribution >= 0.6 is 0 Å². The molecule has 4 N–H and O–H groups in total. The molecule has 1 aromatic carbocycles. The number of aromatic amines is 1. The largest absolute Gasteiger partial charge is 0.493 e. The summed E-state index contributed by atoms with van der Waals surface area (Å²) in [5.74, 6) is 3.99. The normalized spacial score (nSPS) is 20.1. The first-order chi connectivity index (χ1) is 14.7. The first-order valence-electron chi connectivity index (χ1n) is 10.1. The average molecular weight is 407 g/mol. The number of methoxy groups -OCH3 is 2. The summed E-state index contributed by atoms with van der Waals surface area (Å²) in [6.07, 6.45) is 6.71. The van der Waals surface area contributed by atoms with E-state index in [1.54, 1.807) is 14.2 Å². The SMILES string of the molecule is COc1ccc(NC2=NC(C3CCc4c(N)n[nH]c4C3)Cn3ccnc32)cc1OC. The van der Waals surface area contributed by atoms with E-state index in [0.717, 1.165) is 54.4 Å². The number of fused-ring (bicyclic) bond motifs is 2. The molecule has 2 aliphatic rings. The van der Waals surface area contributed by atoms with Crippen molar-refractivity contribution >= 4 is 17.3 Å². The lowest BCUT2D eigenvalue weighted by atomic mass is 9.82. The van der Waals surface area contributed by atoms with Gasteiger partial charge in [-0.25, -0.2) is 4.98 Å². The number of anilines is 2. The molecular formula is C21H25N7O2. The highest BCUT2D eigenvalue weighted by Gasteiger charge is 2.32. The van der Waals surface area contributed by atoms with E-state index >= 15 is 0 Å². The summed E-state index contributed by atoms with van der Waals surface area (Å²) in [4.78, 5) is 9.59. The van der Waals surface area contributed by atoms with Crippen LogP contribution in [0.3, 0.4) is 0 Å². The van der Waals surface area contributed by atoms with Gasteiger partial charge in [-0.3, -0.25) is 10.1 Å². The molecule has 1 aliphatic heterocycles. The minimum atomic E-state index is 0.145.